The van der Waals surface area contributed by atoms with Gasteiger partial charge in [-0.15, -0.1) is 0 Å². The summed E-state index contributed by atoms with van der Waals surface area (Å²) in [5, 5.41) is 11.5. The standard InChI is InChI=1S/C17H23NO5/c1-5-23-14(19)10-13(16(21)22)18-15(20)11-6-8-12(9-7-11)17(2,3)4/h6-9,13H,5,10H2,1-4H3,(H,18,20)(H,21,22)/t13-/m0/s1. The summed E-state index contributed by atoms with van der Waals surface area (Å²) in [6.07, 6.45) is -0.408. The number of hydrogen-bond acceptors (Lipinski definition) is 4. The lowest BCUT2D eigenvalue weighted by atomic mass is 9.86. The lowest BCUT2D eigenvalue weighted by Gasteiger charge is -2.19. The fourth-order valence-electron chi connectivity index (χ4n) is 1.95. The van der Waals surface area contributed by atoms with Gasteiger partial charge >= 0.3 is 11.9 Å². The molecule has 0 aliphatic carbocycles. The first-order valence-electron chi connectivity index (χ1n) is 7.45. The maximum absolute atomic E-state index is 12.1. The van der Waals surface area contributed by atoms with Crippen LogP contribution in [0.25, 0.3) is 0 Å². The van der Waals surface area contributed by atoms with E-state index in [4.69, 9.17) is 9.84 Å². The zero-order valence-electron chi connectivity index (χ0n) is 13.9. The third kappa shape index (κ3) is 5.73. The van der Waals surface area contributed by atoms with Gasteiger partial charge in [0.25, 0.3) is 5.91 Å². The van der Waals surface area contributed by atoms with Gasteiger partial charge in [-0.2, -0.15) is 0 Å². The van der Waals surface area contributed by atoms with Gasteiger partial charge in [0, 0.05) is 5.56 Å². The van der Waals surface area contributed by atoms with Crippen LogP contribution in [0.5, 0.6) is 0 Å². The van der Waals surface area contributed by atoms with Gasteiger partial charge in [-0.1, -0.05) is 32.9 Å². The number of carboxylic acids is 1. The Bertz CT molecular complexity index is 572. The molecule has 2 N–H and O–H groups in total. The van der Waals surface area contributed by atoms with Crippen molar-refractivity contribution in [3.8, 4) is 0 Å². The van der Waals surface area contributed by atoms with Crippen LogP contribution in [-0.4, -0.2) is 35.6 Å². The molecule has 0 aliphatic heterocycles. The summed E-state index contributed by atoms with van der Waals surface area (Å²) in [4.78, 5) is 34.7. The van der Waals surface area contributed by atoms with Crippen molar-refractivity contribution in [3.05, 3.63) is 35.4 Å². The van der Waals surface area contributed by atoms with E-state index in [1.165, 1.54) is 0 Å². The molecule has 0 unspecified atom stereocenters. The summed E-state index contributed by atoms with van der Waals surface area (Å²) in [5.74, 6) is -2.48. The number of nitrogens with one attached hydrogen (secondary N) is 1. The first-order chi connectivity index (χ1) is 10.6. The van der Waals surface area contributed by atoms with Gasteiger partial charge in [0.15, 0.2) is 0 Å². The molecule has 0 aromatic heterocycles. The molecule has 0 spiro atoms. The highest BCUT2D eigenvalue weighted by atomic mass is 16.5. The Labute approximate surface area is 135 Å². The second-order valence-corrected chi connectivity index (χ2v) is 6.20. The van der Waals surface area contributed by atoms with Gasteiger partial charge in [-0.05, 0) is 30.0 Å². The van der Waals surface area contributed by atoms with Crippen LogP contribution >= 0.6 is 0 Å². The van der Waals surface area contributed by atoms with Crippen molar-refractivity contribution >= 4 is 17.8 Å². The number of esters is 1. The fraction of sp³-hybridized carbons (Fsp3) is 0.471. The summed E-state index contributed by atoms with van der Waals surface area (Å²) in [6.45, 7) is 7.96. The smallest absolute Gasteiger partial charge is 0.326 e. The largest absolute Gasteiger partial charge is 0.480 e. The van der Waals surface area contributed by atoms with Crippen LogP contribution in [0.1, 0.15) is 50.0 Å². The number of carboxylic acid groups (broad SMARTS) is 1. The summed E-state index contributed by atoms with van der Waals surface area (Å²) in [6, 6.07) is 5.62. The molecule has 0 saturated carbocycles. The molecule has 6 heteroatoms. The van der Waals surface area contributed by atoms with E-state index in [1.54, 1.807) is 19.1 Å². The highest BCUT2D eigenvalue weighted by molar-refractivity contribution is 5.97. The predicted octanol–water partition coefficient (Wildman–Crippen LogP) is 2.12. The van der Waals surface area contributed by atoms with E-state index in [2.05, 4.69) is 26.1 Å². The van der Waals surface area contributed by atoms with E-state index in [-0.39, 0.29) is 12.0 Å². The molecular weight excluding hydrogens is 298 g/mol. The van der Waals surface area contributed by atoms with Crippen molar-refractivity contribution < 1.29 is 24.2 Å². The highest BCUT2D eigenvalue weighted by Crippen LogP contribution is 2.22. The van der Waals surface area contributed by atoms with Gasteiger partial charge in [-0.25, -0.2) is 4.79 Å². The topological polar surface area (TPSA) is 92.7 Å². The molecule has 1 aromatic carbocycles. The van der Waals surface area contributed by atoms with Crippen molar-refractivity contribution in [1.82, 2.24) is 5.32 Å². The second-order valence-electron chi connectivity index (χ2n) is 6.20. The minimum atomic E-state index is -1.32. The van der Waals surface area contributed by atoms with Gasteiger partial charge in [-0.3, -0.25) is 9.59 Å². The Morgan fingerprint density at radius 3 is 2.17 bits per heavy atom. The van der Waals surface area contributed by atoms with Crippen molar-refractivity contribution in [3.63, 3.8) is 0 Å². The van der Waals surface area contributed by atoms with Crippen LogP contribution in [0.3, 0.4) is 0 Å². The van der Waals surface area contributed by atoms with Crippen LogP contribution in [0, 0.1) is 0 Å². The first-order valence-corrected chi connectivity index (χ1v) is 7.45. The molecule has 126 valence electrons. The molecule has 0 aliphatic rings. The van der Waals surface area contributed by atoms with Crippen molar-refractivity contribution in [2.75, 3.05) is 6.61 Å². The summed E-state index contributed by atoms with van der Waals surface area (Å²) < 4.78 is 4.71. The molecular formula is C17H23NO5. The lowest BCUT2D eigenvalue weighted by molar-refractivity contribution is -0.149. The maximum atomic E-state index is 12.1. The number of amides is 1. The number of carbonyl (C=O) groups is 3. The van der Waals surface area contributed by atoms with E-state index in [0.29, 0.717) is 5.56 Å². The Morgan fingerprint density at radius 1 is 1.17 bits per heavy atom. The first kappa shape index (κ1) is 18.7. The minimum Gasteiger partial charge on any atom is -0.480 e. The van der Waals surface area contributed by atoms with Crippen LogP contribution in [-0.2, 0) is 19.7 Å². The van der Waals surface area contributed by atoms with E-state index in [1.807, 2.05) is 12.1 Å². The third-order valence-corrected chi connectivity index (χ3v) is 3.29. The van der Waals surface area contributed by atoms with E-state index in [0.717, 1.165) is 5.56 Å². The average molecular weight is 321 g/mol. The molecule has 0 heterocycles. The fourth-order valence-corrected chi connectivity index (χ4v) is 1.95. The molecule has 23 heavy (non-hydrogen) atoms. The van der Waals surface area contributed by atoms with Gasteiger partial charge in [0.1, 0.15) is 6.04 Å². The van der Waals surface area contributed by atoms with E-state index >= 15 is 0 Å². The van der Waals surface area contributed by atoms with E-state index in [9.17, 15) is 14.4 Å². The van der Waals surface area contributed by atoms with Crippen LogP contribution in [0.2, 0.25) is 0 Å². The SMILES string of the molecule is CCOC(=O)C[C@H](NC(=O)c1ccc(C(C)(C)C)cc1)C(=O)O. The number of hydrogen-bond donors (Lipinski definition) is 2. The number of ether oxygens (including phenoxy) is 1. The molecule has 1 amide bonds. The van der Waals surface area contributed by atoms with Gasteiger partial charge < -0.3 is 15.2 Å². The van der Waals surface area contributed by atoms with E-state index < -0.39 is 30.3 Å². The van der Waals surface area contributed by atoms with Gasteiger partial charge in [0.05, 0.1) is 13.0 Å². The Balaban J connectivity index is 2.79. The maximum Gasteiger partial charge on any atom is 0.326 e. The average Bonchev–Trinajstić information content (AvgIpc) is 2.45. The molecule has 0 fully saturated rings. The molecule has 1 rings (SSSR count). The molecule has 1 aromatic rings. The van der Waals surface area contributed by atoms with Crippen molar-refractivity contribution in [1.29, 1.82) is 0 Å². The number of rotatable bonds is 6. The lowest BCUT2D eigenvalue weighted by Crippen LogP contribution is -2.42. The molecule has 0 radical (unpaired) electrons. The molecule has 0 bridgehead atoms. The van der Waals surface area contributed by atoms with Gasteiger partial charge in [0.2, 0.25) is 0 Å². The number of benzene rings is 1. The van der Waals surface area contributed by atoms with Crippen LogP contribution in [0.4, 0.5) is 0 Å². The van der Waals surface area contributed by atoms with Crippen LogP contribution in [0.15, 0.2) is 24.3 Å². The number of carbonyl (C=O) groups excluding carboxylic acids is 2. The molecule has 6 nitrogen and oxygen atoms in total. The van der Waals surface area contributed by atoms with Crippen molar-refractivity contribution in [2.24, 2.45) is 0 Å². The Hall–Kier alpha value is -2.37. The summed E-state index contributed by atoms with van der Waals surface area (Å²) in [5.41, 5.74) is 1.37. The zero-order valence-corrected chi connectivity index (χ0v) is 13.9. The second kappa shape index (κ2) is 7.76. The summed E-state index contributed by atoms with van der Waals surface area (Å²) >= 11 is 0. The monoisotopic (exact) mass is 321 g/mol. The normalized spacial score (nSPS) is 12.3. The highest BCUT2D eigenvalue weighted by Gasteiger charge is 2.24. The Kier molecular flexibility index (Phi) is 6.30. The summed E-state index contributed by atoms with van der Waals surface area (Å²) in [7, 11) is 0. The third-order valence-electron chi connectivity index (χ3n) is 3.29. The predicted molar refractivity (Wildman–Crippen MR) is 85.3 cm³/mol. The quantitative estimate of drug-likeness (QED) is 0.783. The van der Waals surface area contributed by atoms with Crippen LogP contribution < -0.4 is 5.32 Å². The minimum absolute atomic E-state index is 0.0392. The Morgan fingerprint density at radius 2 is 1.74 bits per heavy atom. The molecule has 0 saturated heterocycles. The molecule has 1 atom stereocenters. The number of aliphatic carboxylic acids is 1. The zero-order chi connectivity index (χ0) is 17.6. The van der Waals surface area contributed by atoms with Crippen molar-refractivity contribution in [2.45, 2.75) is 45.6 Å².